The van der Waals surface area contributed by atoms with E-state index in [1.807, 2.05) is 14.1 Å². The maximum absolute atomic E-state index is 4.70. The second-order valence-electron chi connectivity index (χ2n) is 6.15. The quantitative estimate of drug-likeness (QED) is 0.423. The molecule has 0 fully saturated rings. The van der Waals surface area contributed by atoms with E-state index < -0.39 is 0 Å². The van der Waals surface area contributed by atoms with Crippen molar-refractivity contribution in [3.63, 3.8) is 0 Å². The van der Waals surface area contributed by atoms with E-state index in [4.69, 9.17) is 12.6 Å². The Labute approximate surface area is 156 Å². The lowest BCUT2D eigenvalue weighted by Crippen LogP contribution is -2.25. The van der Waals surface area contributed by atoms with Crippen molar-refractivity contribution >= 4 is 36.6 Å². The minimum atomic E-state index is 0.195. The fraction of sp³-hybridized carbons (Fsp3) is 0.368. The molecule has 2 rings (SSSR count). The Morgan fingerprint density at radius 3 is 2.38 bits per heavy atom. The van der Waals surface area contributed by atoms with Gasteiger partial charge in [0.05, 0.1) is 0 Å². The molecule has 130 valence electrons. The standard InChI is InChI=1S/C19H27N3S2/c1-14-4-9-17(18(23)12-14)21-11-10-20-13-19(24)15-5-7-16(8-6-15)22(2)3/h4-9,12,19-21,23-24H,10-11,13H2,1-3H3. The summed E-state index contributed by atoms with van der Waals surface area (Å²) < 4.78 is 0. The zero-order valence-electron chi connectivity index (χ0n) is 14.6. The molecule has 0 saturated carbocycles. The molecule has 1 unspecified atom stereocenters. The van der Waals surface area contributed by atoms with Gasteiger partial charge in [-0.3, -0.25) is 0 Å². The van der Waals surface area contributed by atoms with Crippen LogP contribution in [0.1, 0.15) is 16.4 Å². The smallest absolute Gasteiger partial charge is 0.0476 e. The Balaban J connectivity index is 1.71. The topological polar surface area (TPSA) is 27.3 Å². The molecule has 0 bridgehead atoms. The Morgan fingerprint density at radius 1 is 1.04 bits per heavy atom. The maximum Gasteiger partial charge on any atom is 0.0476 e. The van der Waals surface area contributed by atoms with Crippen molar-refractivity contribution in [3.8, 4) is 0 Å². The average Bonchev–Trinajstić information content (AvgIpc) is 2.56. The minimum Gasteiger partial charge on any atom is -0.383 e. The zero-order valence-corrected chi connectivity index (χ0v) is 16.4. The molecule has 1 atom stereocenters. The first kappa shape index (κ1) is 19.0. The molecule has 24 heavy (non-hydrogen) atoms. The van der Waals surface area contributed by atoms with Gasteiger partial charge in [0.1, 0.15) is 0 Å². The summed E-state index contributed by atoms with van der Waals surface area (Å²) in [6.45, 7) is 4.65. The first-order valence-electron chi connectivity index (χ1n) is 8.17. The number of anilines is 2. The van der Waals surface area contributed by atoms with Crippen molar-refractivity contribution in [3.05, 3.63) is 53.6 Å². The van der Waals surface area contributed by atoms with E-state index in [2.05, 4.69) is 77.6 Å². The minimum absolute atomic E-state index is 0.195. The Hall–Kier alpha value is -1.30. The number of hydrogen-bond donors (Lipinski definition) is 4. The predicted octanol–water partition coefficient (Wildman–Crippen LogP) is 4.02. The van der Waals surface area contributed by atoms with Crippen LogP contribution in [0, 0.1) is 6.92 Å². The molecule has 2 aromatic carbocycles. The molecule has 0 aliphatic rings. The fourth-order valence-electron chi connectivity index (χ4n) is 2.43. The Kier molecular flexibility index (Phi) is 7.34. The molecule has 2 aromatic rings. The van der Waals surface area contributed by atoms with Crippen LogP contribution >= 0.6 is 25.3 Å². The van der Waals surface area contributed by atoms with Crippen molar-refractivity contribution in [1.29, 1.82) is 0 Å². The molecule has 0 radical (unpaired) electrons. The summed E-state index contributed by atoms with van der Waals surface area (Å²) in [4.78, 5) is 3.09. The molecule has 5 heteroatoms. The molecule has 0 amide bonds. The third-order valence-corrected chi connectivity index (χ3v) is 4.75. The van der Waals surface area contributed by atoms with E-state index in [-0.39, 0.29) is 5.25 Å². The highest BCUT2D eigenvalue weighted by molar-refractivity contribution is 7.80. The lowest BCUT2D eigenvalue weighted by atomic mass is 10.1. The highest BCUT2D eigenvalue weighted by Gasteiger charge is 2.06. The first-order valence-corrected chi connectivity index (χ1v) is 9.13. The van der Waals surface area contributed by atoms with Crippen molar-refractivity contribution in [2.45, 2.75) is 17.1 Å². The van der Waals surface area contributed by atoms with Gasteiger partial charge in [-0.2, -0.15) is 12.6 Å². The van der Waals surface area contributed by atoms with Gasteiger partial charge in [0.15, 0.2) is 0 Å². The van der Waals surface area contributed by atoms with Gasteiger partial charge in [-0.15, -0.1) is 12.6 Å². The monoisotopic (exact) mass is 361 g/mol. The third kappa shape index (κ3) is 5.65. The fourth-order valence-corrected chi connectivity index (χ4v) is 3.09. The van der Waals surface area contributed by atoms with Crippen molar-refractivity contribution in [1.82, 2.24) is 5.32 Å². The molecule has 0 aliphatic heterocycles. The summed E-state index contributed by atoms with van der Waals surface area (Å²) in [5.41, 5.74) is 4.74. The van der Waals surface area contributed by atoms with E-state index >= 15 is 0 Å². The van der Waals surface area contributed by atoms with Crippen molar-refractivity contribution < 1.29 is 0 Å². The predicted molar refractivity (Wildman–Crippen MR) is 112 cm³/mol. The molecule has 3 nitrogen and oxygen atoms in total. The SMILES string of the molecule is Cc1ccc(NCCNCC(S)c2ccc(N(C)C)cc2)c(S)c1. The van der Waals surface area contributed by atoms with Gasteiger partial charge in [0.2, 0.25) is 0 Å². The number of aryl methyl sites for hydroxylation is 1. The lowest BCUT2D eigenvalue weighted by Gasteiger charge is -2.16. The summed E-state index contributed by atoms with van der Waals surface area (Å²) in [5.74, 6) is 0. The van der Waals surface area contributed by atoms with Crippen LogP contribution in [0.2, 0.25) is 0 Å². The van der Waals surface area contributed by atoms with Crippen LogP contribution in [-0.4, -0.2) is 33.7 Å². The zero-order chi connectivity index (χ0) is 17.5. The van der Waals surface area contributed by atoms with Gasteiger partial charge in [-0.05, 0) is 42.3 Å². The number of thiol groups is 2. The summed E-state index contributed by atoms with van der Waals surface area (Å²) in [7, 11) is 4.10. The highest BCUT2D eigenvalue weighted by atomic mass is 32.1. The van der Waals surface area contributed by atoms with Gasteiger partial charge in [0.25, 0.3) is 0 Å². The molecule has 0 aromatic heterocycles. The molecule has 0 spiro atoms. The van der Waals surface area contributed by atoms with Gasteiger partial charge >= 0.3 is 0 Å². The van der Waals surface area contributed by atoms with Crippen LogP contribution in [0.4, 0.5) is 11.4 Å². The van der Waals surface area contributed by atoms with E-state index in [9.17, 15) is 0 Å². The second kappa shape index (κ2) is 9.25. The average molecular weight is 362 g/mol. The van der Waals surface area contributed by atoms with Crippen LogP contribution in [0.5, 0.6) is 0 Å². The van der Waals surface area contributed by atoms with Gasteiger partial charge < -0.3 is 15.5 Å². The number of benzene rings is 2. The highest BCUT2D eigenvalue weighted by Crippen LogP contribution is 2.22. The molecule has 0 saturated heterocycles. The van der Waals surface area contributed by atoms with Crippen LogP contribution < -0.4 is 15.5 Å². The maximum atomic E-state index is 4.70. The van der Waals surface area contributed by atoms with E-state index in [1.54, 1.807) is 0 Å². The third-order valence-electron chi connectivity index (χ3n) is 3.90. The van der Waals surface area contributed by atoms with E-state index in [0.717, 1.165) is 30.2 Å². The molecule has 2 N–H and O–H groups in total. The number of nitrogens with one attached hydrogen (secondary N) is 2. The largest absolute Gasteiger partial charge is 0.383 e. The summed E-state index contributed by atoms with van der Waals surface area (Å²) >= 11 is 9.19. The number of nitrogens with zero attached hydrogens (tertiary/aromatic N) is 1. The van der Waals surface area contributed by atoms with Crippen LogP contribution in [0.3, 0.4) is 0 Å². The van der Waals surface area contributed by atoms with Crippen molar-refractivity contribution in [2.75, 3.05) is 43.9 Å². The first-order chi connectivity index (χ1) is 11.5. The van der Waals surface area contributed by atoms with Gasteiger partial charge in [-0.1, -0.05) is 18.2 Å². The molecule has 0 heterocycles. The van der Waals surface area contributed by atoms with Crippen LogP contribution in [0.25, 0.3) is 0 Å². The van der Waals surface area contributed by atoms with Crippen LogP contribution in [-0.2, 0) is 0 Å². The summed E-state index contributed by atoms with van der Waals surface area (Å²) in [6, 6.07) is 14.8. The summed E-state index contributed by atoms with van der Waals surface area (Å²) in [6.07, 6.45) is 0. The van der Waals surface area contributed by atoms with Gasteiger partial charge in [0, 0.05) is 55.2 Å². The Morgan fingerprint density at radius 2 is 1.75 bits per heavy atom. The number of hydrogen-bond acceptors (Lipinski definition) is 5. The Bertz CT molecular complexity index is 642. The van der Waals surface area contributed by atoms with E-state index in [1.165, 1.54) is 16.8 Å². The normalized spacial score (nSPS) is 12.0. The molecular weight excluding hydrogens is 334 g/mol. The van der Waals surface area contributed by atoms with Gasteiger partial charge in [-0.25, -0.2) is 0 Å². The molecule has 0 aliphatic carbocycles. The molecular formula is C19H27N3S2. The van der Waals surface area contributed by atoms with Crippen molar-refractivity contribution in [2.24, 2.45) is 0 Å². The second-order valence-corrected chi connectivity index (χ2v) is 7.26. The van der Waals surface area contributed by atoms with E-state index in [0.29, 0.717) is 0 Å². The van der Waals surface area contributed by atoms with Crippen LogP contribution in [0.15, 0.2) is 47.4 Å². The summed E-state index contributed by atoms with van der Waals surface area (Å²) in [5, 5.41) is 7.05. The lowest BCUT2D eigenvalue weighted by molar-refractivity contribution is 0.693. The number of rotatable bonds is 8.